The zero-order chi connectivity index (χ0) is 14.5. The molecule has 3 saturated carbocycles. The summed E-state index contributed by atoms with van der Waals surface area (Å²) in [6.07, 6.45) is 5.07. The Labute approximate surface area is 121 Å². The van der Waals surface area contributed by atoms with Crippen LogP contribution >= 0.6 is 0 Å². The molecule has 5 rings (SSSR count). The van der Waals surface area contributed by atoms with Crippen LogP contribution in [0.25, 0.3) is 11.2 Å². The smallest absolute Gasteiger partial charge is 0.232 e. The first-order chi connectivity index (χ1) is 10.1. The zero-order valence-corrected chi connectivity index (χ0v) is 11.7. The van der Waals surface area contributed by atoms with Gasteiger partial charge in [0.1, 0.15) is 5.67 Å². The van der Waals surface area contributed by atoms with Crippen molar-refractivity contribution >= 4 is 23.0 Å². The molecule has 2 bridgehead atoms. The highest BCUT2D eigenvalue weighted by Gasteiger charge is 2.52. The van der Waals surface area contributed by atoms with Gasteiger partial charge in [0, 0.05) is 11.6 Å². The molecule has 1 amide bonds. The predicted molar refractivity (Wildman–Crippen MR) is 76.5 cm³/mol. The Hall–Kier alpha value is -1.98. The van der Waals surface area contributed by atoms with Gasteiger partial charge in [-0.1, -0.05) is 0 Å². The molecule has 3 fully saturated rings. The van der Waals surface area contributed by atoms with E-state index in [9.17, 15) is 9.18 Å². The quantitative estimate of drug-likeness (QED) is 0.892. The fraction of sp³-hybridized carbons (Fsp3) is 0.533. The third kappa shape index (κ3) is 2.01. The number of H-pyrrole nitrogens is 1. The first-order valence-corrected chi connectivity index (χ1v) is 7.40. The van der Waals surface area contributed by atoms with Crippen molar-refractivity contribution in [1.29, 1.82) is 0 Å². The zero-order valence-electron chi connectivity index (χ0n) is 11.7. The number of hydrogen-bond acceptors (Lipinski definition) is 3. The normalized spacial score (nSPS) is 31.5. The second-order valence-corrected chi connectivity index (χ2v) is 6.35. The van der Waals surface area contributed by atoms with E-state index >= 15 is 0 Å². The number of anilines is 1. The number of hydrogen-bond donors (Lipinski definition) is 2. The number of amides is 1. The van der Waals surface area contributed by atoms with Crippen molar-refractivity contribution in [2.45, 2.75) is 44.2 Å². The monoisotopic (exact) mass is 288 g/mol. The first kappa shape index (κ1) is 12.7. The van der Waals surface area contributed by atoms with Gasteiger partial charge in [-0.2, -0.15) is 4.98 Å². The molecule has 110 valence electrons. The Morgan fingerprint density at radius 2 is 1.95 bits per heavy atom. The molecule has 3 aliphatic carbocycles. The average Bonchev–Trinajstić information content (AvgIpc) is 2.90. The molecule has 5 nitrogen and oxygen atoms in total. The number of rotatable bonds is 2. The summed E-state index contributed by atoms with van der Waals surface area (Å²) in [4.78, 5) is 24.1. The molecule has 0 radical (unpaired) electrons. The van der Waals surface area contributed by atoms with E-state index in [0.717, 1.165) is 5.52 Å². The number of nitrogens with zero attached hydrogens (tertiary/aromatic N) is 2. The van der Waals surface area contributed by atoms with Crippen molar-refractivity contribution in [3.05, 3.63) is 18.3 Å². The summed E-state index contributed by atoms with van der Waals surface area (Å²) >= 11 is 0. The van der Waals surface area contributed by atoms with E-state index in [2.05, 4.69) is 20.3 Å². The lowest BCUT2D eigenvalue weighted by Crippen LogP contribution is -2.49. The van der Waals surface area contributed by atoms with E-state index in [4.69, 9.17) is 0 Å². The van der Waals surface area contributed by atoms with Crippen molar-refractivity contribution in [3.63, 3.8) is 0 Å². The Kier molecular flexibility index (Phi) is 2.58. The van der Waals surface area contributed by atoms with E-state index in [1.807, 2.05) is 12.1 Å². The number of fused-ring (bicyclic) bond motifs is 4. The largest absolute Gasteiger partial charge is 0.322 e. The maximum Gasteiger partial charge on any atom is 0.232 e. The molecule has 21 heavy (non-hydrogen) atoms. The molecule has 6 heteroatoms. The summed E-state index contributed by atoms with van der Waals surface area (Å²) in [5, 5.41) is 2.86. The van der Waals surface area contributed by atoms with Gasteiger partial charge in [0.2, 0.25) is 11.9 Å². The Balaban J connectivity index is 1.55. The number of halogens is 1. The van der Waals surface area contributed by atoms with Crippen LogP contribution in [0.4, 0.5) is 10.3 Å². The molecule has 0 aromatic carbocycles. The van der Waals surface area contributed by atoms with E-state index in [0.29, 0.717) is 50.1 Å². The van der Waals surface area contributed by atoms with Gasteiger partial charge in [0.05, 0.1) is 5.52 Å². The average molecular weight is 288 g/mol. The molecule has 0 aliphatic heterocycles. The summed E-state index contributed by atoms with van der Waals surface area (Å²) in [7, 11) is 0. The number of aromatic amines is 1. The number of carbonyl (C=O) groups excluding carboxylic acids is 1. The lowest BCUT2D eigenvalue weighted by molar-refractivity contribution is -0.135. The minimum Gasteiger partial charge on any atom is -0.322 e. The van der Waals surface area contributed by atoms with Crippen LogP contribution in [0.1, 0.15) is 38.5 Å². The van der Waals surface area contributed by atoms with Gasteiger partial charge < -0.3 is 4.98 Å². The van der Waals surface area contributed by atoms with Crippen molar-refractivity contribution in [1.82, 2.24) is 15.0 Å². The predicted octanol–water partition coefficient (Wildman–Crippen LogP) is 2.96. The van der Waals surface area contributed by atoms with Crippen molar-refractivity contribution in [2.24, 2.45) is 5.41 Å². The van der Waals surface area contributed by atoms with Crippen LogP contribution in [0.3, 0.4) is 0 Å². The molecule has 2 N–H and O–H groups in total. The van der Waals surface area contributed by atoms with Gasteiger partial charge in [-0.25, -0.2) is 9.37 Å². The van der Waals surface area contributed by atoms with Crippen LogP contribution in [0.2, 0.25) is 0 Å². The van der Waals surface area contributed by atoms with Crippen LogP contribution in [-0.2, 0) is 4.79 Å². The van der Waals surface area contributed by atoms with Gasteiger partial charge in [0.15, 0.2) is 5.65 Å². The van der Waals surface area contributed by atoms with E-state index < -0.39 is 11.1 Å². The Morgan fingerprint density at radius 1 is 1.24 bits per heavy atom. The lowest BCUT2D eigenvalue weighted by atomic mass is 9.59. The Morgan fingerprint density at radius 3 is 2.62 bits per heavy atom. The van der Waals surface area contributed by atoms with Crippen molar-refractivity contribution in [3.8, 4) is 0 Å². The minimum absolute atomic E-state index is 0.0386. The summed E-state index contributed by atoms with van der Waals surface area (Å²) in [6, 6.07) is 3.68. The van der Waals surface area contributed by atoms with Crippen LogP contribution in [0, 0.1) is 5.41 Å². The molecule has 2 aromatic heterocycles. The second kappa shape index (κ2) is 4.26. The van der Waals surface area contributed by atoms with Crippen LogP contribution in [-0.4, -0.2) is 26.5 Å². The summed E-state index contributed by atoms with van der Waals surface area (Å²) in [6.45, 7) is 0. The standard InChI is InChI=1S/C15H17FN4O/c16-15-6-3-14(4-7-15,5-8-15)12(21)20-13-18-10-2-1-9-17-11(10)19-13/h1-2,9H,3-8H2,(H2,17,18,19,20,21). The minimum atomic E-state index is -1.02. The summed E-state index contributed by atoms with van der Waals surface area (Å²) < 4.78 is 14.2. The van der Waals surface area contributed by atoms with E-state index in [1.165, 1.54) is 0 Å². The van der Waals surface area contributed by atoms with Crippen LogP contribution in [0.15, 0.2) is 18.3 Å². The maximum absolute atomic E-state index is 14.2. The fourth-order valence-electron chi connectivity index (χ4n) is 3.62. The highest BCUT2D eigenvalue weighted by atomic mass is 19.1. The third-order valence-corrected chi connectivity index (χ3v) is 5.13. The van der Waals surface area contributed by atoms with Gasteiger partial charge in [-0.3, -0.25) is 10.1 Å². The Bertz CT molecular complexity index is 653. The van der Waals surface area contributed by atoms with Gasteiger partial charge in [-0.05, 0) is 50.7 Å². The summed E-state index contributed by atoms with van der Waals surface area (Å²) in [5.74, 6) is 0.383. The number of nitrogens with one attached hydrogen (secondary N) is 2. The highest BCUT2D eigenvalue weighted by molar-refractivity contribution is 5.95. The molecule has 2 heterocycles. The molecule has 0 saturated heterocycles. The number of aromatic nitrogens is 3. The SMILES string of the molecule is O=C(Nc1nc2ncccc2[nH]1)C12CCC(F)(CC1)CC2. The van der Waals surface area contributed by atoms with E-state index in [-0.39, 0.29) is 5.91 Å². The van der Waals surface area contributed by atoms with Gasteiger partial charge in [-0.15, -0.1) is 0 Å². The molecule has 0 unspecified atom stereocenters. The lowest BCUT2D eigenvalue weighted by Gasteiger charge is -2.48. The number of imidazole rings is 1. The molecular formula is C15H17FN4O. The number of alkyl halides is 1. The van der Waals surface area contributed by atoms with Crippen LogP contribution < -0.4 is 5.32 Å². The molecule has 0 spiro atoms. The third-order valence-electron chi connectivity index (χ3n) is 5.13. The van der Waals surface area contributed by atoms with Crippen molar-refractivity contribution in [2.75, 3.05) is 5.32 Å². The molecule has 0 atom stereocenters. The first-order valence-electron chi connectivity index (χ1n) is 7.40. The number of carbonyl (C=O) groups is 1. The second-order valence-electron chi connectivity index (χ2n) is 6.35. The summed E-state index contributed by atoms with van der Waals surface area (Å²) in [5.41, 5.74) is -0.0633. The van der Waals surface area contributed by atoms with Gasteiger partial charge in [0.25, 0.3) is 0 Å². The molecule has 3 aliphatic rings. The number of pyridine rings is 1. The topological polar surface area (TPSA) is 70.7 Å². The fourth-order valence-corrected chi connectivity index (χ4v) is 3.62. The highest BCUT2D eigenvalue weighted by Crippen LogP contribution is 2.54. The van der Waals surface area contributed by atoms with Crippen LogP contribution in [0.5, 0.6) is 0 Å². The van der Waals surface area contributed by atoms with E-state index in [1.54, 1.807) is 6.20 Å². The van der Waals surface area contributed by atoms with Gasteiger partial charge >= 0.3 is 0 Å². The molecular weight excluding hydrogens is 271 g/mol. The maximum atomic E-state index is 14.2. The van der Waals surface area contributed by atoms with Crippen molar-refractivity contribution < 1.29 is 9.18 Å². The molecule has 2 aromatic rings.